The van der Waals surface area contributed by atoms with Gasteiger partial charge in [0.25, 0.3) is 0 Å². The van der Waals surface area contributed by atoms with Crippen molar-refractivity contribution in [1.29, 1.82) is 0 Å². The second kappa shape index (κ2) is 6.22. The van der Waals surface area contributed by atoms with Gasteiger partial charge >= 0.3 is 0 Å². The number of nitrogens with zero attached hydrogens (tertiary/aromatic N) is 2. The van der Waals surface area contributed by atoms with Crippen molar-refractivity contribution in [1.82, 2.24) is 15.2 Å². The molecule has 4 heteroatoms. The van der Waals surface area contributed by atoms with E-state index in [0.717, 1.165) is 30.2 Å². The van der Waals surface area contributed by atoms with Crippen molar-refractivity contribution < 1.29 is 0 Å². The lowest BCUT2D eigenvalue weighted by Gasteiger charge is -2.07. The van der Waals surface area contributed by atoms with Crippen LogP contribution in [0.5, 0.6) is 0 Å². The van der Waals surface area contributed by atoms with Gasteiger partial charge < -0.3 is 5.32 Å². The molecule has 0 amide bonds. The lowest BCUT2D eigenvalue weighted by atomic mass is 10.2. The first kappa shape index (κ1) is 13.4. The van der Waals surface area contributed by atoms with E-state index in [9.17, 15) is 0 Å². The molecule has 3 aromatic rings. The molecule has 0 unspecified atom stereocenters. The lowest BCUT2D eigenvalue weighted by Crippen LogP contribution is -2.06. The molecule has 4 nitrogen and oxygen atoms in total. The summed E-state index contributed by atoms with van der Waals surface area (Å²) in [6.45, 7) is 2.93. The number of nitrogens with one attached hydrogen (secondary N) is 2. The van der Waals surface area contributed by atoms with Crippen LogP contribution in [0.4, 0.5) is 5.69 Å². The summed E-state index contributed by atoms with van der Waals surface area (Å²) in [5, 5.41) is 10.7. The molecule has 0 fully saturated rings. The molecule has 2 aromatic carbocycles. The predicted octanol–water partition coefficient (Wildman–Crippen LogP) is 3.43. The first-order chi connectivity index (χ1) is 10.3. The Morgan fingerprint density at radius 2 is 1.76 bits per heavy atom. The molecule has 21 heavy (non-hydrogen) atoms. The number of H-pyrrole nitrogens is 1. The molecule has 106 valence electrons. The summed E-state index contributed by atoms with van der Waals surface area (Å²) in [6, 6.07) is 18.3. The fraction of sp³-hybridized carbons (Fsp3) is 0.176. The van der Waals surface area contributed by atoms with Gasteiger partial charge in [-0.15, -0.1) is 0 Å². The molecule has 0 radical (unpaired) electrons. The van der Waals surface area contributed by atoms with E-state index in [1.807, 2.05) is 42.5 Å². The zero-order valence-electron chi connectivity index (χ0n) is 12.0. The van der Waals surface area contributed by atoms with E-state index in [4.69, 9.17) is 0 Å². The molecule has 0 aliphatic rings. The number of rotatable bonds is 5. The third-order valence-electron chi connectivity index (χ3n) is 3.39. The standard InChI is InChI=1S/C17H18N4/c1-13-7-5-6-10-15(13)18-12-11-16-19-17(21-20-16)14-8-3-2-4-9-14/h2-10,18H,11-12H2,1H3,(H,19,20,21). The number of hydrogen-bond acceptors (Lipinski definition) is 3. The molecule has 0 saturated carbocycles. The van der Waals surface area contributed by atoms with E-state index in [1.165, 1.54) is 11.3 Å². The molecular weight excluding hydrogens is 260 g/mol. The number of hydrogen-bond donors (Lipinski definition) is 2. The SMILES string of the molecule is Cc1ccccc1NCCc1nc(-c2ccccc2)n[nH]1. The number of para-hydroxylation sites is 1. The van der Waals surface area contributed by atoms with Crippen LogP contribution in [0.1, 0.15) is 11.4 Å². The third-order valence-corrected chi connectivity index (χ3v) is 3.39. The molecule has 0 aliphatic heterocycles. The Bertz CT molecular complexity index is 704. The molecule has 0 bridgehead atoms. The molecule has 0 saturated heterocycles. The van der Waals surface area contributed by atoms with Crippen LogP contribution in [0.2, 0.25) is 0 Å². The summed E-state index contributed by atoms with van der Waals surface area (Å²) in [6.07, 6.45) is 0.814. The van der Waals surface area contributed by atoms with Crippen molar-refractivity contribution in [3.63, 3.8) is 0 Å². The minimum atomic E-state index is 0.751. The van der Waals surface area contributed by atoms with E-state index < -0.39 is 0 Å². The van der Waals surface area contributed by atoms with Crippen molar-refractivity contribution in [3.05, 3.63) is 66.0 Å². The summed E-state index contributed by atoms with van der Waals surface area (Å²) in [7, 11) is 0. The largest absolute Gasteiger partial charge is 0.384 e. The third kappa shape index (κ3) is 3.28. The Morgan fingerprint density at radius 1 is 1.00 bits per heavy atom. The van der Waals surface area contributed by atoms with Crippen LogP contribution in [0.15, 0.2) is 54.6 Å². The molecule has 3 rings (SSSR count). The Hall–Kier alpha value is -2.62. The van der Waals surface area contributed by atoms with Gasteiger partial charge in [0.15, 0.2) is 5.82 Å². The summed E-state index contributed by atoms with van der Waals surface area (Å²) in [5.74, 6) is 1.65. The lowest BCUT2D eigenvalue weighted by molar-refractivity contribution is 0.900. The second-order valence-electron chi connectivity index (χ2n) is 4.96. The number of aryl methyl sites for hydroxylation is 1. The van der Waals surface area contributed by atoms with Gasteiger partial charge in [-0.25, -0.2) is 4.98 Å². The van der Waals surface area contributed by atoms with Gasteiger partial charge in [-0.3, -0.25) is 5.10 Å². The van der Waals surface area contributed by atoms with Gasteiger partial charge in [0.05, 0.1) is 0 Å². The highest BCUT2D eigenvalue weighted by molar-refractivity contribution is 5.54. The molecular formula is C17H18N4. The topological polar surface area (TPSA) is 53.6 Å². The second-order valence-corrected chi connectivity index (χ2v) is 4.96. The van der Waals surface area contributed by atoms with E-state index >= 15 is 0 Å². The van der Waals surface area contributed by atoms with Crippen LogP contribution in [0, 0.1) is 6.92 Å². The summed E-state index contributed by atoms with van der Waals surface area (Å²) < 4.78 is 0. The van der Waals surface area contributed by atoms with Crippen LogP contribution in [0.3, 0.4) is 0 Å². The minimum absolute atomic E-state index is 0.751. The summed E-state index contributed by atoms with van der Waals surface area (Å²) in [5.41, 5.74) is 3.45. The Kier molecular flexibility index (Phi) is 3.96. The Labute approximate surface area is 124 Å². The van der Waals surface area contributed by atoms with Crippen molar-refractivity contribution in [2.75, 3.05) is 11.9 Å². The number of aromatic amines is 1. The Balaban J connectivity index is 1.60. The highest BCUT2D eigenvalue weighted by atomic mass is 15.2. The normalized spacial score (nSPS) is 10.5. The van der Waals surface area contributed by atoms with Crippen molar-refractivity contribution in [3.8, 4) is 11.4 Å². The monoisotopic (exact) mass is 278 g/mol. The van der Waals surface area contributed by atoms with Crippen molar-refractivity contribution in [2.24, 2.45) is 0 Å². The molecule has 0 atom stereocenters. The van der Waals surface area contributed by atoms with E-state index in [2.05, 4.69) is 39.6 Å². The molecule has 0 aliphatic carbocycles. The number of benzene rings is 2. The molecule has 0 spiro atoms. The zero-order valence-corrected chi connectivity index (χ0v) is 12.0. The summed E-state index contributed by atoms with van der Waals surface area (Å²) in [4.78, 5) is 4.53. The first-order valence-corrected chi connectivity index (χ1v) is 7.09. The maximum atomic E-state index is 4.53. The van der Waals surface area contributed by atoms with Crippen molar-refractivity contribution >= 4 is 5.69 Å². The van der Waals surface area contributed by atoms with Crippen LogP contribution in [-0.4, -0.2) is 21.7 Å². The average molecular weight is 278 g/mol. The smallest absolute Gasteiger partial charge is 0.181 e. The van der Waals surface area contributed by atoms with E-state index in [-0.39, 0.29) is 0 Å². The molecule has 1 aromatic heterocycles. The molecule has 1 heterocycles. The van der Waals surface area contributed by atoms with Crippen molar-refractivity contribution in [2.45, 2.75) is 13.3 Å². The number of aromatic nitrogens is 3. The van der Waals surface area contributed by atoms with Crippen LogP contribution in [0.25, 0.3) is 11.4 Å². The van der Waals surface area contributed by atoms with Gasteiger partial charge in [-0.1, -0.05) is 48.5 Å². The van der Waals surface area contributed by atoms with E-state index in [1.54, 1.807) is 0 Å². The fourth-order valence-corrected chi connectivity index (χ4v) is 2.21. The van der Waals surface area contributed by atoms with Crippen LogP contribution >= 0.6 is 0 Å². The predicted molar refractivity (Wildman–Crippen MR) is 85.2 cm³/mol. The molecule has 2 N–H and O–H groups in total. The highest BCUT2D eigenvalue weighted by Gasteiger charge is 2.05. The maximum Gasteiger partial charge on any atom is 0.181 e. The minimum Gasteiger partial charge on any atom is -0.384 e. The van der Waals surface area contributed by atoms with Gasteiger partial charge in [-0.2, -0.15) is 5.10 Å². The van der Waals surface area contributed by atoms with E-state index in [0.29, 0.717) is 0 Å². The van der Waals surface area contributed by atoms with Crippen LogP contribution < -0.4 is 5.32 Å². The quantitative estimate of drug-likeness (QED) is 0.751. The maximum absolute atomic E-state index is 4.53. The van der Waals surface area contributed by atoms with Gasteiger partial charge in [0, 0.05) is 24.2 Å². The summed E-state index contributed by atoms with van der Waals surface area (Å²) >= 11 is 0. The number of anilines is 1. The van der Waals surface area contributed by atoms with Gasteiger partial charge in [-0.05, 0) is 18.6 Å². The fourth-order valence-electron chi connectivity index (χ4n) is 2.21. The first-order valence-electron chi connectivity index (χ1n) is 7.09. The van der Waals surface area contributed by atoms with Gasteiger partial charge in [0.2, 0.25) is 0 Å². The van der Waals surface area contributed by atoms with Crippen LogP contribution in [-0.2, 0) is 6.42 Å². The zero-order chi connectivity index (χ0) is 14.5. The van der Waals surface area contributed by atoms with Gasteiger partial charge in [0.1, 0.15) is 5.82 Å². The highest BCUT2D eigenvalue weighted by Crippen LogP contribution is 2.14. The Morgan fingerprint density at radius 3 is 2.57 bits per heavy atom. The average Bonchev–Trinajstić information content (AvgIpc) is 2.99.